The van der Waals surface area contributed by atoms with Crippen LogP contribution < -0.4 is 0 Å². The van der Waals surface area contributed by atoms with Crippen molar-refractivity contribution in [1.29, 1.82) is 0 Å². The third kappa shape index (κ3) is 47.3. The van der Waals surface area contributed by atoms with Crippen LogP contribution in [0.15, 0.2) is 0 Å². The Kier molecular flexibility index (Phi) is 44.7. The normalized spacial score (nSPS) is 12.1. The van der Waals surface area contributed by atoms with Crippen molar-refractivity contribution < 1.29 is 28.6 Å². The summed E-state index contributed by atoms with van der Waals surface area (Å²) in [6.45, 7) is 11.3. The molecule has 0 fully saturated rings. The number of hydrogen-bond donors (Lipinski definition) is 0. The Hall–Kier alpha value is -1.59. The van der Waals surface area contributed by atoms with Gasteiger partial charge in [-0.15, -0.1) is 0 Å². The summed E-state index contributed by atoms with van der Waals surface area (Å²) in [6.07, 6.45) is 46.8. The molecule has 0 amide bonds. The number of hydrogen-bond acceptors (Lipinski definition) is 6. The third-order valence-electron chi connectivity index (χ3n) is 12.0. The molecule has 0 saturated carbocycles. The summed E-state index contributed by atoms with van der Waals surface area (Å²) in [5, 5.41) is 0. The van der Waals surface area contributed by atoms with Gasteiger partial charge in [0.2, 0.25) is 0 Å². The molecule has 0 unspecified atom stereocenters. The lowest BCUT2D eigenvalue weighted by molar-refractivity contribution is -0.167. The third-order valence-corrected chi connectivity index (χ3v) is 12.0. The highest BCUT2D eigenvalue weighted by Crippen LogP contribution is 2.17. The molecule has 1 atom stereocenters. The van der Waals surface area contributed by atoms with Crippen molar-refractivity contribution in [2.24, 2.45) is 11.8 Å². The zero-order chi connectivity index (χ0) is 43.3. The molecule has 0 aromatic carbocycles. The van der Waals surface area contributed by atoms with Crippen LogP contribution in [0.4, 0.5) is 0 Å². The first-order valence-electron chi connectivity index (χ1n) is 26.2. The topological polar surface area (TPSA) is 78.9 Å². The van der Waals surface area contributed by atoms with Crippen molar-refractivity contribution >= 4 is 17.9 Å². The Morgan fingerprint density at radius 2 is 0.559 bits per heavy atom. The number of carbonyl (C=O) groups is 3. The Bertz CT molecular complexity index is 900. The number of unbranched alkanes of at least 4 members (excludes halogenated alkanes) is 32. The minimum Gasteiger partial charge on any atom is -0.462 e. The van der Waals surface area contributed by atoms with Crippen LogP contribution in [0.25, 0.3) is 0 Å². The fraction of sp³-hybridized carbons (Fsp3) is 0.943. The highest BCUT2D eigenvalue weighted by atomic mass is 16.6. The van der Waals surface area contributed by atoms with Gasteiger partial charge < -0.3 is 14.2 Å². The molecule has 0 aliphatic rings. The van der Waals surface area contributed by atoms with Crippen LogP contribution in [0, 0.1) is 11.8 Å². The van der Waals surface area contributed by atoms with E-state index in [0.717, 1.165) is 69.6 Å². The fourth-order valence-electron chi connectivity index (χ4n) is 7.99. The number of ether oxygens (including phenoxy) is 3. The summed E-state index contributed by atoms with van der Waals surface area (Å²) in [5.74, 6) is 0.822. The van der Waals surface area contributed by atoms with Crippen LogP contribution in [-0.2, 0) is 28.6 Å². The van der Waals surface area contributed by atoms with Crippen molar-refractivity contribution in [2.75, 3.05) is 13.2 Å². The summed E-state index contributed by atoms with van der Waals surface area (Å²) in [4.78, 5) is 37.8. The Labute approximate surface area is 368 Å². The maximum absolute atomic E-state index is 12.8. The lowest BCUT2D eigenvalue weighted by Gasteiger charge is -2.18. The van der Waals surface area contributed by atoms with Gasteiger partial charge in [0, 0.05) is 19.3 Å². The Morgan fingerprint density at radius 3 is 0.831 bits per heavy atom. The van der Waals surface area contributed by atoms with Gasteiger partial charge in [-0.2, -0.15) is 0 Å². The molecule has 0 bridgehead atoms. The number of rotatable bonds is 47. The molecule has 0 aromatic rings. The summed E-state index contributed by atoms with van der Waals surface area (Å²) < 4.78 is 16.7. The highest BCUT2D eigenvalue weighted by molar-refractivity contribution is 5.71. The molecule has 0 N–H and O–H groups in total. The average Bonchev–Trinajstić information content (AvgIpc) is 3.20. The first kappa shape index (κ1) is 57.4. The van der Waals surface area contributed by atoms with Crippen LogP contribution in [0.2, 0.25) is 0 Å². The van der Waals surface area contributed by atoms with Gasteiger partial charge in [0.25, 0.3) is 0 Å². The number of esters is 3. The van der Waals surface area contributed by atoms with Crippen LogP contribution in [0.3, 0.4) is 0 Å². The van der Waals surface area contributed by atoms with Crippen LogP contribution >= 0.6 is 0 Å². The van der Waals surface area contributed by atoms with Gasteiger partial charge in [-0.3, -0.25) is 14.4 Å². The predicted octanol–water partition coefficient (Wildman–Crippen LogP) is 16.9. The van der Waals surface area contributed by atoms with Crippen molar-refractivity contribution in [2.45, 2.75) is 298 Å². The SMILES string of the molecule is CCCCCCCCCC(=O)OC[C@@H](COC(=O)CCCCCCCCCCCCC(C)C)OC(=O)CCCCCCCCCCCCCCCCCCCCC(C)C. The average molecular weight is 835 g/mol. The van der Waals surface area contributed by atoms with Crippen molar-refractivity contribution in [3.8, 4) is 0 Å². The van der Waals surface area contributed by atoms with Crippen LogP contribution in [0.1, 0.15) is 291 Å². The second kappa shape index (κ2) is 45.9. The first-order chi connectivity index (χ1) is 28.7. The van der Waals surface area contributed by atoms with Gasteiger partial charge in [0.1, 0.15) is 13.2 Å². The predicted molar refractivity (Wildman–Crippen MR) is 252 cm³/mol. The zero-order valence-corrected chi connectivity index (χ0v) is 40.4. The molecule has 0 rings (SSSR count). The quantitative estimate of drug-likeness (QED) is 0.0345. The monoisotopic (exact) mass is 835 g/mol. The van der Waals surface area contributed by atoms with E-state index in [9.17, 15) is 14.4 Å². The van der Waals surface area contributed by atoms with E-state index >= 15 is 0 Å². The molecular weight excluding hydrogens is 733 g/mol. The Balaban J connectivity index is 4.15. The molecule has 0 spiro atoms. The molecule has 0 saturated heterocycles. The van der Waals surface area contributed by atoms with Gasteiger partial charge in [0.05, 0.1) is 0 Å². The molecule has 0 heterocycles. The lowest BCUT2D eigenvalue weighted by Crippen LogP contribution is -2.30. The molecule has 0 aromatic heterocycles. The van der Waals surface area contributed by atoms with Gasteiger partial charge in [-0.25, -0.2) is 0 Å². The largest absolute Gasteiger partial charge is 0.462 e. The molecule has 6 heteroatoms. The van der Waals surface area contributed by atoms with E-state index in [4.69, 9.17) is 14.2 Å². The summed E-state index contributed by atoms with van der Waals surface area (Å²) in [7, 11) is 0. The van der Waals surface area contributed by atoms with Crippen molar-refractivity contribution in [3.63, 3.8) is 0 Å². The second-order valence-corrected chi connectivity index (χ2v) is 19.1. The number of carbonyl (C=O) groups excluding carboxylic acids is 3. The van der Waals surface area contributed by atoms with E-state index in [1.54, 1.807) is 0 Å². The van der Waals surface area contributed by atoms with Gasteiger partial charge in [-0.1, -0.05) is 253 Å². The Morgan fingerprint density at radius 1 is 0.322 bits per heavy atom. The van der Waals surface area contributed by atoms with Crippen LogP contribution in [-0.4, -0.2) is 37.2 Å². The molecule has 6 nitrogen and oxygen atoms in total. The maximum atomic E-state index is 12.8. The smallest absolute Gasteiger partial charge is 0.306 e. The van der Waals surface area contributed by atoms with Gasteiger partial charge in [-0.05, 0) is 31.1 Å². The first-order valence-corrected chi connectivity index (χ1v) is 26.2. The fourth-order valence-corrected chi connectivity index (χ4v) is 7.99. The standard InChI is InChI=1S/C53H102O6/c1-6-7-8-9-26-33-38-43-51(54)57-46-50(47-58-52(55)44-39-34-29-24-21-20-23-28-32-37-42-49(4)5)59-53(56)45-40-35-30-25-19-17-15-13-11-10-12-14-16-18-22-27-31-36-41-48(2)3/h48-50H,6-47H2,1-5H3/t50-/m0/s1. The summed E-state index contributed by atoms with van der Waals surface area (Å²) in [6, 6.07) is 0. The van der Waals surface area contributed by atoms with Crippen molar-refractivity contribution in [1.82, 2.24) is 0 Å². The second-order valence-electron chi connectivity index (χ2n) is 19.1. The van der Waals surface area contributed by atoms with E-state index < -0.39 is 6.10 Å². The van der Waals surface area contributed by atoms with E-state index in [1.807, 2.05) is 0 Å². The summed E-state index contributed by atoms with van der Waals surface area (Å²) in [5.41, 5.74) is 0. The van der Waals surface area contributed by atoms with E-state index in [2.05, 4.69) is 34.6 Å². The van der Waals surface area contributed by atoms with Gasteiger partial charge in [0.15, 0.2) is 6.10 Å². The molecule has 0 radical (unpaired) electrons. The van der Waals surface area contributed by atoms with E-state index in [1.165, 1.54) is 180 Å². The molecule has 0 aliphatic carbocycles. The lowest BCUT2D eigenvalue weighted by atomic mass is 10.0. The van der Waals surface area contributed by atoms with E-state index in [0.29, 0.717) is 19.3 Å². The molecule has 0 aliphatic heterocycles. The molecular formula is C53H102O6. The van der Waals surface area contributed by atoms with Gasteiger partial charge >= 0.3 is 17.9 Å². The van der Waals surface area contributed by atoms with Crippen LogP contribution in [0.5, 0.6) is 0 Å². The minimum atomic E-state index is -0.760. The molecule has 350 valence electrons. The van der Waals surface area contributed by atoms with Crippen molar-refractivity contribution in [3.05, 3.63) is 0 Å². The maximum Gasteiger partial charge on any atom is 0.306 e. The molecule has 59 heavy (non-hydrogen) atoms. The highest BCUT2D eigenvalue weighted by Gasteiger charge is 2.19. The van der Waals surface area contributed by atoms with E-state index in [-0.39, 0.29) is 31.1 Å². The zero-order valence-electron chi connectivity index (χ0n) is 40.4. The summed E-state index contributed by atoms with van der Waals surface area (Å²) >= 11 is 0. The minimum absolute atomic E-state index is 0.0643.